The van der Waals surface area contributed by atoms with E-state index in [1.165, 1.54) is 29.2 Å². The number of amides is 1. The number of methoxy groups -OCH3 is 1. The van der Waals surface area contributed by atoms with E-state index in [1.807, 2.05) is 36.6 Å². The van der Waals surface area contributed by atoms with Gasteiger partial charge in [-0.15, -0.1) is 0 Å². The smallest absolute Gasteiger partial charge is 0.244 e. The molecule has 0 bridgehead atoms. The Balaban J connectivity index is 1.73. The normalized spacial score (nSPS) is 12.8. The molecule has 0 aliphatic rings. The summed E-state index contributed by atoms with van der Waals surface area (Å²) < 4.78 is 33.6. The molecule has 0 spiro atoms. The molecule has 1 atom stereocenters. The molecule has 1 aromatic heterocycles. The third-order valence-corrected chi connectivity index (χ3v) is 6.98. The summed E-state index contributed by atoms with van der Waals surface area (Å²) in [7, 11) is -2.23. The Morgan fingerprint density at radius 1 is 1.26 bits per heavy atom. The fourth-order valence-corrected chi connectivity index (χ4v) is 5.13. The van der Waals surface area contributed by atoms with E-state index >= 15 is 0 Å². The number of sulfonamides is 1. The second-order valence-electron chi connectivity index (χ2n) is 6.55. The Hall–Kier alpha value is -2.40. The van der Waals surface area contributed by atoms with E-state index in [0.717, 1.165) is 21.2 Å². The molecule has 0 radical (unpaired) electrons. The summed E-state index contributed by atoms with van der Waals surface area (Å²) >= 11 is 2.84. The summed E-state index contributed by atoms with van der Waals surface area (Å²) in [6.45, 7) is 0. The van der Waals surface area contributed by atoms with Gasteiger partial charge in [0.1, 0.15) is 11.8 Å². The standard InChI is InChI=1S/C21H23N3O4S3/c1-28-16-8-9-17-19(14-16)30-21(22-17)23-20(25)18(10-12-29-2)24-31(26,27)13-11-15-6-4-3-5-7-15/h3-9,11,13-14,18,24H,10,12H2,1-2H3,(H,22,23,25)/b13-11+. The van der Waals surface area contributed by atoms with Gasteiger partial charge in [-0.2, -0.15) is 16.5 Å². The highest BCUT2D eigenvalue weighted by atomic mass is 32.2. The number of carbonyl (C=O) groups is 1. The number of hydrogen-bond acceptors (Lipinski definition) is 7. The number of ether oxygens (including phenoxy) is 1. The van der Waals surface area contributed by atoms with Crippen LogP contribution in [0.3, 0.4) is 0 Å². The van der Waals surface area contributed by atoms with Crippen LogP contribution < -0.4 is 14.8 Å². The maximum Gasteiger partial charge on any atom is 0.244 e. The molecule has 0 saturated heterocycles. The number of hydrogen-bond donors (Lipinski definition) is 2. The lowest BCUT2D eigenvalue weighted by Gasteiger charge is -2.16. The molecule has 0 saturated carbocycles. The summed E-state index contributed by atoms with van der Waals surface area (Å²) in [5.74, 6) is 0.877. The van der Waals surface area contributed by atoms with Crippen molar-refractivity contribution < 1.29 is 17.9 Å². The Bertz CT molecular complexity index is 1160. The minimum absolute atomic E-state index is 0.351. The first-order chi connectivity index (χ1) is 14.9. The molecule has 31 heavy (non-hydrogen) atoms. The minimum Gasteiger partial charge on any atom is -0.497 e. The Labute approximate surface area is 190 Å². The van der Waals surface area contributed by atoms with Gasteiger partial charge in [-0.1, -0.05) is 41.7 Å². The highest BCUT2D eigenvalue weighted by Crippen LogP contribution is 2.29. The second-order valence-corrected chi connectivity index (χ2v) is 10.2. The molecule has 10 heteroatoms. The van der Waals surface area contributed by atoms with Crippen LogP contribution in [0.2, 0.25) is 0 Å². The van der Waals surface area contributed by atoms with E-state index in [4.69, 9.17) is 4.74 Å². The number of rotatable bonds is 10. The molecule has 2 aromatic carbocycles. The molecule has 0 aliphatic carbocycles. The van der Waals surface area contributed by atoms with Crippen LogP contribution in [-0.2, 0) is 14.8 Å². The highest BCUT2D eigenvalue weighted by Gasteiger charge is 2.24. The SMILES string of the molecule is COc1ccc2nc(NC(=O)C(CCSC)NS(=O)(=O)/C=C/c3ccccc3)sc2c1. The van der Waals surface area contributed by atoms with Crippen LogP contribution in [0, 0.1) is 0 Å². The molecule has 3 aromatic rings. The minimum atomic E-state index is -3.81. The van der Waals surface area contributed by atoms with Crippen LogP contribution in [-0.4, -0.2) is 44.5 Å². The quantitative estimate of drug-likeness (QED) is 0.459. The fourth-order valence-electron chi connectivity index (χ4n) is 2.73. The molecule has 1 heterocycles. The van der Waals surface area contributed by atoms with Gasteiger partial charge >= 0.3 is 0 Å². The average molecular weight is 478 g/mol. The lowest BCUT2D eigenvalue weighted by atomic mass is 10.2. The monoisotopic (exact) mass is 477 g/mol. The van der Waals surface area contributed by atoms with Crippen molar-refractivity contribution in [3.63, 3.8) is 0 Å². The van der Waals surface area contributed by atoms with E-state index in [0.29, 0.717) is 23.1 Å². The predicted octanol–water partition coefficient (Wildman–Crippen LogP) is 3.96. The van der Waals surface area contributed by atoms with Crippen molar-refractivity contribution in [1.29, 1.82) is 0 Å². The van der Waals surface area contributed by atoms with Crippen molar-refractivity contribution in [2.75, 3.05) is 24.4 Å². The fraction of sp³-hybridized carbons (Fsp3) is 0.238. The van der Waals surface area contributed by atoms with E-state index in [2.05, 4.69) is 15.0 Å². The zero-order valence-corrected chi connectivity index (χ0v) is 19.5. The third kappa shape index (κ3) is 6.79. The number of benzene rings is 2. The molecule has 1 amide bonds. The summed E-state index contributed by atoms with van der Waals surface area (Å²) in [5.41, 5.74) is 1.48. The molecule has 2 N–H and O–H groups in total. The molecule has 0 fully saturated rings. The number of aromatic nitrogens is 1. The number of nitrogens with one attached hydrogen (secondary N) is 2. The lowest BCUT2D eigenvalue weighted by molar-refractivity contribution is -0.117. The Morgan fingerprint density at radius 3 is 2.74 bits per heavy atom. The number of thiazole rings is 1. The van der Waals surface area contributed by atoms with Crippen molar-refractivity contribution >= 4 is 60.5 Å². The summed E-state index contributed by atoms with van der Waals surface area (Å²) in [6, 6.07) is 13.6. The summed E-state index contributed by atoms with van der Waals surface area (Å²) in [5, 5.41) is 4.22. The first-order valence-electron chi connectivity index (χ1n) is 9.40. The van der Waals surface area contributed by atoms with E-state index in [-0.39, 0.29) is 0 Å². The zero-order valence-electron chi connectivity index (χ0n) is 17.1. The van der Waals surface area contributed by atoms with Gasteiger partial charge < -0.3 is 10.1 Å². The van der Waals surface area contributed by atoms with Crippen molar-refractivity contribution in [2.45, 2.75) is 12.5 Å². The Kier molecular flexibility index (Phi) is 8.08. The van der Waals surface area contributed by atoms with Crippen LogP contribution in [0.4, 0.5) is 5.13 Å². The number of thioether (sulfide) groups is 1. The summed E-state index contributed by atoms with van der Waals surface area (Å²) in [6.07, 6.45) is 3.75. The number of carbonyl (C=O) groups excluding carboxylic acids is 1. The van der Waals surface area contributed by atoms with Crippen LogP contribution in [0.1, 0.15) is 12.0 Å². The molecular formula is C21H23N3O4S3. The topological polar surface area (TPSA) is 97.4 Å². The van der Waals surface area contributed by atoms with Crippen LogP contribution in [0.15, 0.2) is 53.9 Å². The number of anilines is 1. The van der Waals surface area contributed by atoms with E-state index in [1.54, 1.807) is 25.3 Å². The lowest BCUT2D eigenvalue weighted by Crippen LogP contribution is -2.43. The van der Waals surface area contributed by atoms with Gasteiger partial charge in [-0.3, -0.25) is 4.79 Å². The first kappa shape index (κ1) is 23.3. The van der Waals surface area contributed by atoms with E-state index in [9.17, 15) is 13.2 Å². The average Bonchev–Trinajstić information content (AvgIpc) is 3.17. The number of nitrogens with zero attached hydrogens (tertiary/aromatic N) is 1. The van der Waals surface area contributed by atoms with Gasteiger partial charge in [0, 0.05) is 5.41 Å². The second kappa shape index (κ2) is 10.8. The summed E-state index contributed by atoms with van der Waals surface area (Å²) in [4.78, 5) is 17.2. The van der Waals surface area contributed by atoms with Crippen LogP contribution in [0.5, 0.6) is 5.75 Å². The zero-order chi connectivity index (χ0) is 22.3. The molecular weight excluding hydrogens is 454 g/mol. The van der Waals surface area contributed by atoms with Crippen molar-refractivity contribution in [2.24, 2.45) is 0 Å². The van der Waals surface area contributed by atoms with Gasteiger partial charge in [0.15, 0.2) is 5.13 Å². The molecule has 0 aliphatic heterocycles. The third-order valence-electron chi connectivity index (χ3n) is 4.30. The van der Waals surface area contributed by atoms with Gasteiger partial charge in [0.25, 0.3) is 0 Å². The van der Waals surface area contributed by atoms with Crippen LogP contribution >= 0.6 is 23.1 Å². The molecule has 3 rings (SSSR count). The molecule has 164 valence electrons. The molecule has 1 unspecified atom stereocenters. The highest BCUT2D eigenvalue weighted by molar-refractivity contribution is 7.98. The predicted molar refractivity (Wildman–Crippen MR) is 129 cm³/mol. The van der Waals surface area contributed by atoms with Crippen molar-refractivity contribution in [1.82, 2.24) is 9.71 Å². The molecule has 7 nitrogen and oxygen atoms in total. The van der Waals surface area contributed by atoms with Gasteiger partial charge in [-0.25, -0.2) is 13.4 Å². The van der Waals surface area contributed by atoms with Gasteiger partial charge in [0.2, 0.25) is 15.9 Å². The maximum atomic E-state index is 12.8. The largest absolute Gasteiger partial charge is 0.497 e. The Morgan fingerprint density at radius 2 is 2.03 bits per heavy atom. The number of fused-ring (bicyclic) bond motifs is 1. The maximum absolute atomic E-state index is 12.8. The van der Waals surface area contributed by atoms with Crippen molar-refractivity contribution in [3.8, 4) is 5.75 Å². The van der Waals surface area contributed by atoms with Gasteiger partial charge in [0.05, 0.1) is 17.3 Å². The van der Waals surface area contributed by atoms with Crippen molar-refractivity contribution in [3.05, 3.63) is 59.5 Å². The van der Waals surface area contributed by atoms with E-state index < -0.39 is 22.0 Å². The van der Waals surface area contributed by atoms with Crippen LogP contribution in [0.25, 0.3) is 16.3 Å². The van der Waals surface area contributed by atoms with Gasteiger partial charge in [-0.05, 0) is 48.3 Å². The first-order valence-corrected chi connectivity index (χ1v) is 13.2.